The summed E-state index contributed by atoms with van der Waals surface area (Å²) in [6.07, 6.45) is 1.09. The minimum Gasteiger partial charge on any atom is -0.496 e. The quantitative estimate of drug-likeness (QED) is 0.769. The third-order valence-electron chi connectivity index (χ3n) is 3.36. The third kappa shape index (κ3) is 3.73. The van der Waals surface area contributed by atoms with Gasteiger partial charge in [0, 0.05) is 24.0 Å². The number of benzene rings is 2. The maximum atomic E-state index is 12.3. The molecule has 0 fully saturated rings. The Morgan fingerprint density at radius 2 is 1.81 bits per heavy atom. The van der Waals surface area contributed by atoms with Gasteiger partial charge in [-0.25, -0.2) is 0 Å². The van der Waals surface area contributed by atoms with Crippen LogP contribution in [0.3, 0.4) is 0 Å². The van der Waals surface area contributed by atoms with Gasteiger partial charge in [-0.05, 0) is 30.5 Å². The molecule has 0 atom stereocenters. The van der Waals surface area contributed by atoms with Crippen LogP contribution in [0.15, 0.2) is 36.4 Å². The maximum Gasteiger partial charge on any atom is 0.251 e. The summed E-state index contributed by atoms with van der Waals surface area (Å²) in [7, 11) is 1.64. The van der Waals surface area contributed by atoms with Crippen molar-refractivity contribution in [2.45, 2.75) is 13.3 Å². The number of fused-ring (bicyclic) bond motifs is 1. The number of amides is 1. The van der Waals surface area contributed by atoms with Crippen LogP contribution in [0.25, 0.3) is 10.8 Å². The molecule has 0 aliphatic rings. The summed E-state index contributed by atoms with van der Waals surface area (Å²) in [6, 6.07) is 11.4. The Kier molecular flexibility index (Phi) is 5.58. The molecule has 0 aromatic heterocycles. The van der Waals surface area contributed by atoms with E-state index in [1.165, 1.54) is 0 Å². The van der Waals surface area contributed by atoms with Gasteiger partial charge < -0.3 is 15.4 Å². The van der Waals surface area contributed by atoms with E-state index in [1.807, 2.05) is 36.4 Å². The van der Waals surface area contributed by atoms with Gasteiger partial charge in [-0.1, -0.05) is 31.2 Å². The molecule has 21 heavy (non-hydrogen) atoms. The fraction of sp³-hybridized carbons (Fsp3) is 0.353. The van der Waals surface area contributed by atoms with E-state index in [-0.39, 0.29) is 5.91 Å². The Labute approximate surface area is 125 Å². The van der Waals surface area contributed by atoms with Gasteiger partial charge in [-0.15, -0.1) is 0 Å². The third-order valence-corrected chi connectivity index (χ3v) is 3.36. The van der Waals surface area contributed by atoms with Crippen molar-refractivity contribution in [2.24, 2.45) is 0 Å². The monoisotopic (exact) mass is 286 g/mol. The lowest BCUT2D eigenvalue weighted by molar-refractivity contribution is 0.0955. The first-order chi connectivity index (χ1) is 10.3. The van der Waals surface area contributed by atoms with Gasteiger partial charge in [-0.2, -0.15) is 0 Å². The first-order valence-corrected chi connectivity index (χ1v) is 7.32. The van der Waals surface area contributed by atoms with Crippen molar-refractivity contribution in [3.8, 4) is 5.75 Å². The highest BCUT2D eigenvalue weighted by Gasteiger charge is 2.11. The van der Waals surface area contributed by atoms with Gasteiger partial charge in [0.1, 0.15) is 5.75 Å². The van der Waals surface area contributed by atoms with E-state index in [0.29, 0.717) is 12.1 Å². The lowest BCUT2D eigenvalue weighted by atomic mass is 10.0. The fourth-order valence-corrected chi connectivity index (χ4v) is 2.31. The van der Waals surface area contributed by atoms with Gasteiger partial charge in [0.05, 0.1) is 7.11 Å². The highest BCUT2D eigenvalue weighted by atomic mass is 16.5. The SMILES string of the molecule is CCCNCCNC(=O)c1ccc(OC)c2ccccc12. The van der Waals surface area contributed by atoms with Crippen LogP contribution in [0, 0.1) is 0 Å². The molecule has 1 amide bonds. The van der Waals surface area contributed by atoms with Gasteiger partial charge in [0.2, 0.25) is 0 Å². The highest BCUT2D eigenvalue weighted by molar-refractivity contribution is 6.08. The van der Waals surface area contributed by atoms with E-state index < -0.39 is 0 Å². The number of ether oxygens (including phenoxy) is 1. The second-order valence-corrected chi connectivity index (χ2v) is 4.87. The second kappa shape index (κ2) is 7.64. The van der Waals surface area contributed by atoms with Crippen molar-refractivity contribution in [2.75, 3.05) is 26.7 Å². The Bertz CT molecular complexity index is 611. The average Bonchev–Trinajstić information content (AvgIpc) is 2.53. The first-order valence-electron chi connectivity index (χ1n) is 7.32. The van der Waals surface area contributed by atoms with Gasteiger partial charge >= 0.3 is 0 Å². The summed E-state index contributed by atoms with van der Waals surface area (Å²) in [5, 5.41) is 8.08. The molecule has 2 N–H and O–H groups in total. The Morgan fingerprint density at radius 3 is 2.52 bits per heavy atom. The summed E-state index contributed by atoms with van der Waals surface area (Å²) in [4.78, 5) is 12.3. The summed E-state index contributed by atoms with van der Waals surface area (Å²) >= 11 is 0. The van der Waals surface area contributed by atoms with Crippen molar-refractivity contribution in [3.05, 3.63) is 42.0 Å². The maximum absolute atomic E-state index is 12.3. The average molecular weight is 286 g/mol. The summed E-state index contributed by atoms with van der Waals surface area (Å²) in [5.74, 6) is 0.735. The number of carbonyl (C=O) groups excluding carboxylic acids is 1. The number of rotatable bonds is 7. The molecule has 4 nitrogen and oxygen atoms in total. The lowest BCUT2D eigenvalue weighted by Gasteiger charge is -2.11. The molecule has 112 valence electrons. The van der Waals surface area contributed by atoms with Crippen LogP contribution in [0.2, 0.25) is 0 Å². The van der Waals surface area contributed by atoms with Crippen LogP contribution >= 0.6 is 0 Å². The molecule has 0 aliphatic carbocycles. The van der Waals surface area contributed by atoms with E-state index in [2.05, 4.69) is 17.6 Å². The van der Waals surface area contributed by atoms with Gasteiger partial charge in [-0.3, -0.25) is 4.79 Å². The second-order valence-electron chi connectivity index (χ2n) is 4.87. The molecular weight excluding hydrogens is 264 g/mol. The predicted octanol–water partition coefficient (Wildman–Crippen LogP) is 2.58. The van der Waals surface area contributed by atoms with Crippen LogP contribution in [-0.4, -0.2) is 32.7 Å². The summed E-state index contributed by atoms with van der Waals surface area (Å²) < 4.78 is 5.35. The largest absolute Gasteiger partial charge is 0.496 e. The molecule has 0 bridgehead atoms. The standard InChI is InChI=1S/C17H22N2O2/c1-3-10-18-11-12-19-17(20)15-8-9-16(21-2)14-7-5-4-6-13(14)15/h4-9,18H,3,10-12H2,1-2H3,(H,19,20). The van der Waals surface area contributed by atoms with Crippen molar-refractivity contribution >= 4 is 16.7 Å². The summed E-state index contributed by atoms with van der Waals surface area (Å²) in [5.41, 5.74) is 0.682. The molecule has 2 aromatic carbocycles. The molecule has 0 aliphatic heterocycles. The number of carbonyl (C=O) groups is 1. The van der Waals surface area contributed by atoms with Crippen molar-refractivity contribution in [1.29, 1.82) is 0 Å². The zero-order valence-electron chi connectivity index (χ0n) is 12.6. The number of nitrogens with one attached hydrogen (secondary N) is 2. The van der Waals surface area contributed by atoms with E-state index >= 15 is 0 Å². The van der Waals surface area contributed by atoms with Crippen molar-refractivity contribution in [3.63, 3.8) is 0 Å². The van der Waals surface area contributed by atoms with E-state index in [0.717, 1.165) is 36.0 Å². The topological polar surface area (TPSA) is 50.4 Å². The molecule has 0 radical (unpaired) electrons. The molecule has 0 saturated carbocycles. The zero-order chi connectivity index (χ0) is 15.1. The fourth-order valence-electron chi connectivity index (χ4n) is 2.31. The molecule has 0 spiro atoms. The zero-order valence-corrected chi connectivity index (χ0v) is 12.6. The summed E-state index contributed by atoms with van der Waals surface area (Å²) in [6.45, 7) is 4.50. The molecule has 2 aromatic rings. The molecule has 0 heterocycles. The Balaban J connectivity index is 2.13. The highest BCUT2D eigenvalue weighted by Crippen LogP contribution is 2.28. The molecule has 0 saturated heterocycles. The van der Waals surface area contributed by atoms with Crippen molar-refractivity contribution in [1.82, 2.24) is 10.6 Å². The number of methoxy groups -OCH3 is 1. The van der Waals surface area contributed by atoms with E-state index in [4.69, 9.17) is 4.74 Å². The van der Waals surface area contributed by atoms with Crippen molar-refractivity contribution < 1.29 is 9.53 Å². The van der Waals surface area contributed by atoms with Gasteiger partial charge in [0.25, 0.3) is 5.91 Å². The van der Waals surface area contributed by atoms with Crippen LogP contribution in [0.1, 0.15) is 23.7 Å². The van der Waals surface area contributed by atoms with Crippen LogP contribution < -0.4 is 15.4 Å². The predicted molar refractivity (Wildman–Crippen MR) is 86.0 cm³/mol. The Morgan fingerprint density at radius 1 is 1.05 bits per heavy atom. The number of hydrogen-bond donors (Lipinski definition) is 2. The van der Waals surface area contributed by atoms with Crippen LogP contribution in [0.5, 0.6) is 5.75 Å². The van der Waals surface area contributed by atoms with Crippen LogP contribution in [0.4, 0.5) is 0 Å². The first kappa shape index (κ1) is 15.3. The minimum absolute atomic E-state index is 0.0489. The molecule has 2 rings (SSSR count). The Hall–Kier alpha value is -2.07. The van der Waals surface area contributed by atoms with E-state index in [1.54, 1.807) is 7.11 Å². The molecular formula is C17H22N2O2. The smallest absolute Gasteiger partial charge is 0.251 e. The molecule has 0 unspecified atom stereocenters. The molecule has 4 heteroatoms. The normalized spacial score (nSPS) is 10.6. The lowest BCUT2D eigenvalue weighted by Crippen LogP contribution is -2.32. The minimum atomic E-state index is -0.0489. The van der Waals surface area contributed by atoms with Crippen LogP contribution in [-0.2, 0) is 0 Å². The van der Waals surface area contributed by atoms with E-state index in [9.17, 15) is 4.79 Å². The number of hydrogen-bond acceptors (Lipinski definition) is 3. The van der Waals surface area contributed by atoms with Gasteiger partial charge in [0.15, 0.2) is 0 Å².